The van der Waals surface area contributed by atoms with Crippen LogP contribution >= 0.6 is 15.9 Å². The highest BCUT2D eigenvalue weighted by Gasteiger charge is 2.24. The summed E-state index contributed by atoms with van der Waals surface area (Å²) >= 11 is 3.42. The summed E-state index contributed by atoms with van der Waals surface area (Å²) in [5.41, 5.74) is 2.99. The zero-order valence-electron chi connectivity index (χ0n) is 9.50. The fourth-order valence-corrected chi connectivity index (χ4v) is 2.40. The molecule has 2 nitrogen and oxygen atoms in total. The van der Waals surface area contributed by atoms with Gasteiger partial charge in [0.2, 0.25) is 0 Å². The molecule has 16 heavy (non-hydrogen) atoms. The van der Waals surface area contributed by atoms with Crippen LogP contribution in [0.3, 0.4) is 0 Å². The van der Waals surface area contributed by atoms with Crippen molar-refractivity contribution in [1.82, 2.24) is 0 Å². The quantitative estimate of drug-likeness (QED) is 0.771. The van der Waals surface area contributed by atoms with Crippen molar-refractivity contribution >= 4 is 21.7 Å². The second-order valence-electron chi connectivity index (χ2n) is 4.21. The van der Waals surface area contributed by atoms with Gasteiger partial charge in [0.1, 0.15) is 11.6 Å². The van der Waals surface area contributed by atoms with E-state index < -0.39 is 0 Å². The van der Waals surface area contributed by atoms with E-state index >= 15 is 0 Å². The monoisotopic (exact) mass is 282 g/mol. The van der Waals surface area contributed by atoms with Gasteiger partial charge in [0, 0.05) is 11.1 Å². The molecule has 0 fully saturated rings. The van der Waals surface area contributed by atoms with Gasteiger partial charge in [0.15, 0.2) is 5.78 Å². The molecule has 2 unspecified atom stereocenters. The number of benzene rings is 1. The Kier molecular flexibility index (Phi) is 3.45. The lowest BCUT2D eigenvalue weighted by molar-refractivity contribution is 0.0656. The normalized spacial score (nSPS) is 21.7. The highest BCUT2D eigenvalue weighted by molar-refractivity contribution is 9.09. The fraction of sp³-hybridized carbons (Fsp3) is 0.462. The van der Waals surface area contributed by atoms with Gasteiger partial charge in [-0.2, -0.15) is 0 Å². The number of ketones is 1. The molecule has 2 rings (SSSR count). The van der Waals surface area contributed by atoms with Gasteiger partial charge in [-0.25, -0.2) is 0 Å². The maximum absolute atomic E-state index is 11.7. The minimum absolute atomic E-state index is 0.0795. The summed E-state index contributed by atoms with van der Waals surface area (Å²) in [7, 11) is 0. The van der Waals surface area contributed by atoms with Crippen LogP contribution in [0.25, 0.3) is 0 Å². The van der Waals surface area contributed by atoms with E-state index in [-0.39, 0.29) is 17.4 Å². The maximum Gasteiger partial charge on any atom is 0.188 e. The predicted molar refractivity (Wildman–Crippen MR) is 67.1 cm³/mol. The first-order chi connectivity index (χ1) is 7.63. The van der Waals surface area contributed by atoms with Crippen molar-refractivity contribution in [2.24, 2.45) is 0 Å². The minimum Gasteiger partial charge on any atom is -0.354 e. The van der Waals surface area contributed by atoms with E-state index in [1.807, 2.05) is 12.1 Å². The molecular weight excluding hydrogens is 268 g/mol. The standard InChI is InChI=1S/C13H15BrO2/c1-3-8(2)9-4-5-10-11(6-9)12(15)7-16-13(10)14/h4-6,8,13H,3,7H2,1-2H3. The summed E-state index contributed by atoms with van der Waals surface area (Å²) < 4.78 is 5.31. The first-order valence-corrected chi connectivity index (χ1v) is 6.47. The average Bonchev–Trinajstić information content (AvgIpc) is 2.32. The second kappa shape index (κ2) is 4.68. The predicted octanol–water partition coefficient (Wildman–Crippen LogP) is 3.81. The van der Waals surface area contributed by atoms with Gasteiger partial charge in [-0.3, -0.25) is 4.79 Å². The van der Waals surface area contributed by atoms with Gasteiger partial charge < -0.3 is 4.74 Å². The van der Waals surface area contributed by atoms with E-state index in [9.17, 15) is 4.79 Å². The van der Waals surface area contributed by atoms with E-state index in [0.717, 1.165) is 17.5 Å². The number of alkyl halides is 1. The molecule has 1 heterocycles. The summed E-state index contributed by atoms with van der Waals surface area (Å²) in [6.07, 6.45) is 1.08. The van der Waals surface area contributed by atoms with Gasteiger partial charge in [-0.1, -0.05) is 41.9 Å². The Morgan fingerprint density at radius 1 is 1.56 bits per heavy atom. The average molecular weight is 283 g/mol. The molecule has 2 atom stereocenters. The molecule has 0 N–H and O–H groups in total. The van der Waals surface area contributed by atoms with Crippen molar-refractivity contribution < 1.29 is 9.53 Å². The van der Waals surface area contributed by atoms with Crippen molar-refractivity contribution in [3.63, 3.8) is 0 Å². The number of hydrogen-bond donors (Lipinski definition) is 0. The summed E-state index contributed by atoms with van der Waals surface area (Å²) in [4.78, 5) is 11.7. The zero-order valence-corrected chi connectivity index (χ0v) is 11.1. The summed E-state index contributed by atoms with van der Waals surface area (Å²) in [5.74, 6) is 0.575. The second-order valence-corrected chi connectivity index (χ2v) is 5.04. The highest BCUT2D eigenvalue weighted by atomic mass is 79.9. The number of carbonyl (C=O) groups excluding carboxylic acids is 1. The summed E-state index contributed by atoms with van der Waals surface area (Å²) in [6.45, 7) is 4.51. The number of fused-ring (bicyclic) bond motifs is 1. The minimum atomic E-state index is -0.147. The van der Waals surface area contributed by atoms with Gasteiger partial charge in [-0.15, -0.1) is 0 Å². The fourth-order valence-electron chi connectivity index (χ4n) is 1.87. The van der Waals surface area contributed by atoms with Crippen LogP contribution in [0.1, 0.15) is 52.7 Å². The lowest BCUT2D eigenvalue weighted by Crippen LogP contribution is -2.20. The number of Topliss-reactive ketones (excluding diaryl/α,β-unsaturated/α-hetero) is 1. The molecule has 1 aromatic carbocycles. The topological polar surface area (TPSA) is 26.3 Å². The Bertz CT molecular complexity index is 414. The number of carbonyl (C=O) groups is 1. The molecule has 0 saturated heterocycles. The van der Waals surface area contributed by atoms with Crippen molar-refractivity contribution in [3.05, 3.63) is 34.9 Å². The zero-order chi connectivity index (χ0) is 11.7. The molecule has 0 saturated carbocycles. The van der Waals surface area contributed by atoms with Crippen LogP contribution in [0.2, 0.25) is 0 Å². The molecule has 0 amide bonds. The van der Waals surface area contributed by atoms with Crippen molar-refractivity contribution in [2.45, 2.75) is 31.2 Å². The third-order valence-electron chi connectivity index (χ3n) is 3.16. The molecule has 1 aromatic rings. The lowest BCUT2D eigenvalue weighted by atomic mass is 9.92. The molecule has 0 aromatic heterocycles. The van der Waals surface area contributed by atoms with E-state index in [1.54, 1.807) is 0 Å². The number of hydrogen-bond acceptors (Lipinski definition) is 2. The van der Waals surface area contributed by atoms with Crippen molar-refractivity contribution in [1.29, 1.82) is 0 Å². The molecule has 1 aliphatic rings. The first-order valence-electron chi connectivity index (χ1n) is 5.56. The summed E-state index contributed by atoms with van der Waals surface area (Å²) in [6, 6.07) is 6.10. The van der Waals surface area contributed by atoms with Crippen LogP contribution in [0.15, 0.2) is 18.2 Å². The van der Waals surface area contributed by atoms with Crippen molar-refractivity contribution in [3.8, 4) is 0 Å². The molecule has 86 valence electrons. The third-order valence-corrected chi connectivity index (χ3v) is 3.92. The van der Waals surface area contributed by atoms with Crippen LogP contribution < -0.4 is 0 Å². The first kappa shape index (κ1) is 11.8. The van der Waals surface area contributed by atoms with Gasteiger partial charge in [-0.05, 0) is 24.0 Å². The SMILES string of the molecule is CCC(C)c1ccc2c(c1)C(=O)COC2Br. The van der Waals surface area contributed by atoms with Gasteiger partial charge in [0.05, 0.1) is 0 Å². The van der Waals surface area contributed by atoms with Crippen LogP contribution in [0, 0.1) is 0 Å². The van der Waals surface area contributed by atoms with Crippen LogP contribution in [0.4, 0.5) is 0 Å². The summed E-state index contributed by atoms with van der Waals surface area (Å²) in [5, 5.41) is -0.147. The molecule has 3 heteroatoms. The molecule has 1 aliphatic heterocycles. The maximum atomic E-state index is 11.7. The van der Waals surface area contributed by atoms with E-state index in [2.05, 4.69) is 35.8 Å². The number of rotatable bonds is 2. The smallest absolute Gasteiger partial charge is 0.188 e. The molecular formula is C13H15BrO2. The molecule has 0 aliphatic carbocycles. The largest absolute Gasteiger partial charge is 0.354 e. The van der Waals surface area contributed by atoms with E-state index in [1.165, 1.54) is 5.56 Å². The molecule has 0 radical (unpaired) electrons. The van der Waals surface area contributed by atoms with Gasteiger partial charge in [0.25, 0.3) is 0 Å². The molecule has 0 bridgehead atoms. The van der Waals surface area contributed by atoms with Crippen LogP contribution in [0.5, 0.6) is 0 Å². The van der Waals surface area contributed by atoms with Gasteiger partial charge >= 0.3 is 0 Å². The Labute approximate surface area is 104 Å². The Morgan fingerprint density at radius 3 is 3.00 bits per heavy atom. The Morgan fingerprint density at radius 2 is 2.31 bits per heavy atom. The Hall–Kier alpha value is -0.670. The van der Waals surface area contributed by atoms with E-state index in [0.29, 0.717) is 5.92 Å². The molecule has 0 spiro atoms. The number of ether oxygens (including phenoxy) is 1. The third kappa shape index (κ3) is 2.06. The van der Waals surface area contributed by atoms with E-state index in [4.69, 9.17) is 4.74 Å². The highest BCUT2D eigenvalue weighted by Crippen LogP contribution is 2.33. The van der Waals surface area contributed by atoms with Crippen LogP contribution in [-0.4, -0.2) is 12.4 Å². The number of halogens is 1. The Balaban J connectivity index is 2.44. The lowest BCUT2D eigenvalue weighted by Gasteiger charge is -2.22. The van der Waals surface area contributed by atoms with Crippen LogP contribution in [-0.2, 0) is 4.74 Å². The van der Waals surface area contributed by atoms with Crippen molar-refractivity contribution in [2.75, 3.05) is 6.61 Å².